The van der Waals surface area contributed by atoms with Crippen LogP contribution in [-0.4, -0.2) is 46.3 Å². The van der Waals surface area contributed by atoms with E-state index in [0.717, 1.165) is 5.56 Å². The molecule has 24 heavy (non-hydrogen) atoms. The van der Waals surface area contributed by atoms with Crippen molar-refractivity contribution in [3.05, 3.63) is 35.4 Å². The Balaban J connectivity index is 1.68. The number of carboxylic acid groups (broad SMARTS) is 1. The monoisotopic (exact) mass is 330 g/mol. The number of hydrogen-bond donors (Lipinski definition) is 2. The molecule has 2 unspecified atom stereocenters. The van der Waals surface area contributed by atoms with Gasteiger partial charge in [-0.2, -0.15) is 0 Å². The second-order valence-corrected chi connectivity index (χ2v) is 6.21. The molecule has 0 spiro atoms. The SMILES string of the molecule is O=C1CC(Cc2ccc(C(=O)N3CCCC3C(=O)O)cc2)C(=O)N1. The van der Waals surface area contributed by atoms with Crippen LogP contribution in [0.3, 0.4) is 0 Å². The number of carbonyl (C=O) groups excluding carboxylic acids is 3. The first kappa shape index (κ1) is 16.2. The molecule has 0 radical (unpaired) electrons. The average molecular weight is 330 g/mol. The van der Waals surface area contributed by atoms with Crippen LogP contribution in [0, 0.1) is 5.92 Å². The molecule has 0 saturated carbocycles. The van der Waals surface area contributed by atoms with E-state index < -0.39 is 12.0 Å². The Morgan fingerprint density at radius 3 is 2.50 bits per heavy atom. The van der Waals surface area contributed by atoms with Gasteiger partial charge in [-0.15, -0.1) is 0 Å². The molecule has 2 aliphatic rings. The van der Waals surface area contributed by atoms with Crippen molar-refractivity contribution in [3.8, 4) is 0 Å². The standard InChI is InChI=1S/C17H18N2O5/c20-14-9-12(15(21)18-14)8-10-3-5-11(6-4-10)16(22)19-7-1-2-13(19)17(23)24/h3-6,12-13H,1-2,7-9H2,(H,23,24)(H,18,20,21). The van der Waals surface area contributed by atoms with E-state index in [2.05, 4.69) is 5.32 Å². The molecule has 2 aliphatic heterocycles. The van der Waals surface area contributed by atoms with Crippen LogP contribution in [0.1, 0.15) is 35.2 Å². The number of aliphatic carboxylic acids is 1. The van der Waals surface area contributed by atoms with Crippen molar-refractivity contribution in [1.29, 1.82) is 0 Å². The summed E-state index contributed by atoms with van der Waals surface area (Å²) in [6.07, 6.45) is 1.79. The Kier molecular flexibility index (Phi) is 4.33. The highest BCUT2D eigenvalue weighted by Crippen LogP contribution is 2.22. The lowest BCUT2D eigenvalue weighted by molar-refractivity contribution is -0.141. The molecule has 2 saturated heterocycles. The molecule has 7 nitrogen and oxygen atoms in total. The lowest BCUT2D eigenvalue weighted by Crippen LogP contribution is -2.40. The van der Waals surface area contributed by atoms with Gasteiger partial charge in [-0.25, -0.2) is 4.79 Å². The van der Waals surface area contributed by atoms with Crippen LogP contribution in [0.25, 0.3) is 0 Å². The van der Waals surface area contributed by atoms with Gasteiger partial charge in [-0.3, -0.25) is 19.7 Å². The summed E-state index contributed by atoms with van der Waals surface area (Å²) < 4.78 is 0. The number of hydrogen-bond acceptors (Lipinski definition) is 4. The van der Waals surface area contributed by atoms with Crippen molar-refractivity contribution in [2.45, 2.75) is 31.7 Å². The van der Waals surface area contributed by atoms with Gasteiger partial charge in [0.25, 0.3) is 5.91 Å². The second-order valence-electron chi connectivity index (χ2n) is 6.21. The maximum atomic E-state index is 12.5. The van der Waals surface area contributed by atoms with E-state index >= 15 is 0 Å². The van der Waals surface area contributed by atoms with E-state index in [1.165, 1.54) is 4.90 Å². The van der Waals surface area contributed by atoms with Crippen LogP contribution < -0.4 is 5.32 Å². The second kappa shape index (κ2) is 6.43. The van der Waals surface area contributed by atoms with Crippen molar-refractivity contribution in [1.82, 2.24) is 10.2 Å². The Labute approximate surface area is 138 Å². The van der Waals surface area contributed by atoms with Crippen LogP contribution in [0.2, 0.25) is 0 Å². The van der Waals surface area contributed by atoms with E-state index in [1.807, 2.05) is 0 Å². The van der Waals surface area contributed by atoms with Gasteiger partial charge >= 0.3 is 5.97 Å². The number of likely N-dealkylation sites (tertiary alicyclic amines) is 1. The number of benzene rings is 1. The maximum Gasteiger partial charge on any atom is 0.326 e. The Hall–Kier alpha value is -2.70. The number of amides is 3. The van der Waals surface area contributed by atoms with Gasteiger partial charge in [-0.05, 0) is 37.0 Å². The molecular formula is C17H18N2O5. The molecule has 2 N–H and O–H groups in total. The largest absolute Gasteiger partial charge is 0.480 e. The summed E-state index contributed by atoms with van der Waals surface area (Å²) in [6, 6.07) is 6.02. The van der Waals surface area contributed by atoms with Gasteiger partial charge < -0.3 is 10.0 Å². The number of imide groups is 1. The van der Waals surface area contributed by atoms with Crippen molar-refractivity contribution < 1.29 is 24.3 Å². The topological polar surface area (TPSA) is 104 Å². The van der Waals surface area contributed by atoms with Gasteiger partial charge in [-0.1, -0.05) is 12.1 Å². The number of nitrogens with zero attached hydrogens (tertiary/aromatic N) is 1. The fraction of sp³-hybridized carbons (Fsp3) is 0.412. The van der Waals surface area contributed by atoms with Crippen LogP contribution in [0.4, 0.5) is 0 Å². The molecule has 2 fully saturated rings. The number of carboxylic acids is 1. The highest BCUT2D eigenvalue weighted by Gasteiger charge is 2.34. The lowest BCUT2D eigenvalue weighted by Gasteiger charge is -2.21. The first-order valence-corrected chi connectivity index (χ1v) is 7.92. The van der Waals surface area contributed by atoms with E-state index in [-0.39, 0.29) is 30.1 Å². The van der Waals surface area contributed by atoms with Crippen molar-refractivity contribution in [2.24, 2.45) is 5.92 Å². The predicted molar refractivity (Wildman–Crippen MR) is 83.1 cm³/mol. The maximum absolute atomic E-state index is 12.5. The minimum absolute atomic E-state index is 0.188. The Morgan fingerprint density at radius 1 is 1.21 bits per heavy atom. The van der Waals surface area contributed by atoms with Gasteiger partial charge in [0.15, 0.2) is 0 Å². The van der Waals surface area contributed by atoms with Crippen molar-refractivity contribution >= 4 is 23.7 Å². The lowest BCUT2D eigenvalue weighted by atomic mass is 9.97. The van der Waals surface area contributed by atoms with Crippen LogP contribution in [0.15, 0.2) is 24.3 Å². The normalized spacial score (nSPS) is 23.4. The molecule has 3 amide bonds. The summed E-state index contributed by atoms with van der Waals surface area (Å²) in [5, 5.41) is 11.4. The van der Waals surface area contributed by atoms with Gasteiger partial charge in [0.05, 0.1) is 5.92 Å². The molecule has 0 aromatic heterocycles. The fourth-order valence-corrected chi connectivity index (χ4v) is 3.27. The third-order valence-electron chi connectivity index (χ3n) is 4.55. The quantitative estimate of drug-likeness (QED) is 0.786. The summed E-state index contributed by atoms with van der Waals surface area (Å²) in [4.78, 5) is 47.8. The summed E-state index contributed by atoms with van der Waals surface area (Å²) in [6.45, 7) is 0.446. The van der Waals surface area contributed by atoms with Gasteiger partial charge in [0.1, 0.15) is 6.04 Å². The van der Waals surface area contributed by atoms with E-state index in [0.29, 0.717) is 31.4 Å². The van der Waals surface area contributed by atoms with Gasteiger partial charge in [0.2, 0.25) is 11.8 Å². The number of rotatable bonds is 4. The zero-order chi connectivity index (χ0) is 17.3. The predicted octanol–water partition coefficient (Wildman–Crippen LogP) is 0.581. The first-order chi connectivity index (χ1) is 11.5. The molecule has 0 bridgehead atoms. The van der Waals surface area contributed by atoms with Crippen LogP contribution in [-0.2, 0) is 20.8 Å². The average Bonchev–Trinajstić information content (AvgIpc) is 3.14. The summed E-state index contributed by atoms with van der Waals surface area (Å²) in [7, 11) is 0. The molecule has 1 aromatic rings. The van der Waals surface area contributed by atoms with Crippen LogP contribution >= 0.6 is 0 Å². The zero-order valence-corrected chi connectivity index (χ0v) is 13.0. The number of nitrogens with one attached hydrogen (secondary N) is 1. The summed E-state index contributed by atoms with van der Waals surface area (Å²) in [5.41, 5.74) is 1.29. The summed E-state index contributed by atoms with van der Waals surface area (Å²) >= 11 is 0. The van der Waals surface area contributed by atoms with E-state index in [1.54, 1.807) is 24.3 Å². The van der Waals surface area contributed by atoms with Gasteiger partial charge in [0, 0.05) is 18.5 Å². The first-order valence-electron chi connectivity index (χ1n) is 7.92. The molecule has 0 aliphatic carbocycles. The minimum Gasteiger partial charge on any atom is -0.480 e. The molecular weight excluding hydrogens is 312 g/mol. The van der Waals surface area contributed by atoms with Crippen molar-refractivity contribution in [3.63, 3.8) is 0 Å². The molecule has 7 heteroatoms. The Morgan fingerprint density at radius 2 is 1.92 bits per heavy atom. The van der Waals surface area contributed by atoms with Crippen LogP contribution in [0.5, 0.6) is 0 Å². The van der Waals surface area contributed by atoms with E-state index in [4.69, 9.17) is 5.11 Å². The highest BCUT2D eigenvalue weighted by atomic mass is 16.4. The molecule has 2 heterocycles. The highest BCUT2D eigenvalue weighted by molar-refractivity contribution is 6.03. The minimum atomic E-state index is -0.977. The molecule has 126 valence electrons. The molecule has 2 atom stereocenters. The molecule has 1 aromatic carbocycles. The van der Waals surface area contributed by atoms with Crippen molar-refractivity contribution in [2.75, 3.05) is 6.54 Å². The summed E-state index contributed by atoms with van der Waals surface area (Å²) in [5.74, 6) is -2.16. The number of carbonyl (C=O) groups is 4. The third kappa shape index (κ3) is 3.15. The Bertz CT molecular complexity index is 697. The molecule has 3 rings (SSSR count). The smallest absolute Gasteiger partial charge is 0.326 e. The zero-order valence-electron chi connectivity index (χ0n) is 13.0. The van der Waals surface area contributed by atoms with E-state index in [9.17, 15) is 19.2 Å². The fourth-order valence-electron chi connectivity index (χ4n) is 3.27. The third-order valence-corrected chi connectivity index (χ3v) is 4.55.